The first kappa shape index (κ1) is 15.5. The van der Waals surface area contributed by atoms with Gasteiger partial charge in [-0.3, -0.25) is 10.1 Å². The van der Waals surface area contributed by atoms with Crippen molar-refractivity contribution in [3.8, 4) is 0 Å². The van der Waals surface area contributed by atoms with Gasteiger partial charge in [0.2, 0.25) is 0 Å². The number of carboxylic acids is 1. The maximum absolute atomic E-state index is 11.2. The van der Waals surface area contributed by atoms with Gasteiger partial charge in [0.05, 0.1) is 27.3 Å². The first-order valence-electron chi connectivity index (χ1n) is 6.55. The van der Waals surface area contributed by atoms with E-state index in [0.717, 1.165) is 31.4 Å². The van der Waals surface area contributed by atoms with Crippen LogP contribution in [0.5, 0.6) is 0 Å². The van der Waals surface area contributed by atoms with Crippen LogP contribution in [-0.4, -0.2) is 35.3 Å². The van der Waals surface area contributed by atoms with Gasteiger partial charge in [-0.1, -0.05) is 11.6 Å². The molecule has 1 atom stereocenters. The lowest BCUT2D eigenvalue weighted by molar-refractivity contribution is -0.384. The second-order valence-electron chi connectivity index (χ2n) is 4.78. The summed E-state index contributed by atoms with van der Waals surface area (Å²) in [7, 11) is 0. The fourth-order valence-electron chi connectivity index (χ4n) is 2.23. The topological polar surface area (TPSA) is 102 Å². The first-order valence-corrected chi connectivity index (χ1v) is 6.93. The molecule has 0 radical (unpaired) electrons. The maximum atomic E-state index is 11.2. The number of nitrogens with one attached hydrogen (secondary N) is 1. The maximum Gasteiger partial charge on any atom is 0.338 e. The van der Waals surface area contributed by atoms with Crippen molar-refractivity contribution in [2.75, 3.05) is 18.5 Å². The van der Waals surface area contributed by atoms with E-state index in [4.69, 9.17) is 16.3 Å². The second-order valence-corrected chi connectivity index (χ2v) is 5.19. The summed E-state index contributed by atoms with van der Waals surface area (Å²) in [5.41, 5.74) is -0.384. The summed E-state index contributed by atoms with van der Waals surface area (Å²) in [5.74, 6) is -1.27. The Morgan fingerprint density at radius 3 is 2.86 bits per heavy atom. The van der Waals surface area contributed by atoms with Gasteiger partial charge in [0.15, 0.2) is 0 Å². The highest BCUT2D eigenvalue weighted by Gasteiger charge is 2.21. The zero-order valence-electron chi connectivity index (χ0n) is 11.2. The fraction of sp³-hybridized carbons (Fsp3) is 0.462. The van der Waals surface area contributed by atoms with Gasteiger partial charge in [-0.15, -0.1) is 0 Å². The Labute approximate surface area is 126 Å². The number of benzene rings is 1. The van der Waals surface area contributed by atoms with Crippen molar-refractivity contribution in [1.82, 2.24) is 0 Å². The largest absolute Gasteiger partial charge is 0.478 e. The summed E-state index contributed by atoms with van der Waals surface area (Å²) in [6.45, 7) is 1.10. The number of ether oxygens (including phenoxy) is 1. The van der Waals surface area contributed by atoms with E-state index < -0.39 is 10.9 Å². The third-order valence-corrected chi connectivity index (χ3v) is 3.59. The Morgan fingerprint density at radius 1 is 1.52 bits per heavy atom. The van der Waals surface area contributed by atoms with Crippen LogP contribution in [-0.2, 0) is 4.74 Å². The number of carboxylic acid groups (broad SMARTS) is 1. The number of hydrogen-bond donors (Lipinski definition) is 2. The van der Waals surface area contributed by atoms with Gasteiger partial charge >= 0.3 is 5.97 Å². The molecule has 0 aromatic heterocycles. The summed E-state index contributed by atoms with van der Waals surface area (Å²) < 4.78 is 5.54. The molecule has 0 spiro atoms. The number of carbonyl (C=O) groups is 1. The van der Waals surface area contributed by atoms with Crippen molar-refractivity contribution in [1.29, 1.82) is 0 Å². The Kier molecular flexibility index (Phi) is 4.98. The van der Waals surface area contributed by atoms with Gasteiger partial charge in [0.1, 0.15) is 0 Å². The van der Waals surface area contributed by atoms with Crippen molar-refractivity contribution in [2.24, 2.45) is 0 Å². The average Bonchev–Trinajstić information content (AvgIpc) is 2.46. The number of rotatable bonds is 5. The molecule has 1 fully saturated rings. The Balaban J connectivity index is 2.20. The summed E-state index contributed by atoms with van der Waals surface area (Å²) in [6.07, 6.45) is 2.97. The molecule has 0 aliphatic carbocycles. The molecular formula is C13H15ClN2O5. The molecule has 114 valence electrons. The predicted molar refractivity (Wildman–Crippen MR) is 77.1 cm³/mol. The van der Waals surface area contributed by atoms with Gasteiger partial charge in [-0.2, -0.15) is 0 Å². The minimum atomic E-state index is -1.27. The highest BCUT2D eigenvalue weighted by atomic mass is 35.5. The van der Waals surface area contributed by atoms with Gasteiger partial charge in [-0.25, -0.2) is 4.79 Å². The molecule has 21 heavy (non-hydrogen) atoms. The molecule has 7 nitrogen and oxygen atoms in total. The van der Waals surface area contributed by atoms with E-state index in [1.54, 1.807) is 0 Å². The first-order chi connectivity index (χ1) is 9.99. The number of hydrogen-bond acceptors (Lipinski definition) is 5. The van der Waals surface area contributed by atoms with Crippen LogP contribution in [0.4, 0.5) is 11.4 Å². The normalized spacial score (nSPS) is 18.2. The summed E-state index contributed by atoms with van der Waals surface area (Å²) >= 11 is 5.97. The molecule has 0 saturated carbocycles. The lowest BCUT2D eigenvalue weighted by Crippen LogP contribution is -2.27. The number of non-ortho nitro benzene ring substituents is 1. The zero-order chi connectivity index (χ0) is 15.4. The van der Waals surface area contributed by atoms with Crippen LogP contribution in [0.1, 0.15) is 29.6 Å². The monoisotopic (exact) mass is 314 g/mol. The minimum absolute atomic E-state index is 0.00773. The van der Waals surface area contributed by atoms with Crippen molar-refractivity contribution in [3.63, 3.8) is 0 Å². The number of aromatic carboxylic acids is 1. The molecule has 1 heterocycles. The Morgan fingerprint density at radius 2 is 2.29 bits per heavy atom. The molecule has 1 aromatic rings. The van der Waals surface area contributed by atoms with Crippen molar-refractivity contribution >= 4 is 28.9 Å². The van der Waals surface area contributed by atoms with Crippen LogP contribution >= 0.6 is 11.6 Å². The molecule has 1 aliphatic heterocycles. The van der Waals surface area contributed by atoms with Crippen LogP contribution in [0.25, 0.3) is 0 Å². The summed E-state index contributed by atoms with van der Waals surface area (Å²) in [5, 5.41) is 22.9. The lowest BCUT2D eigenvalue weighted by atomic mass is 10.1. The molecule has 1 unspecified atom stereocenters. The number of nitro groups is 1. The minimum Gasteiger partial charge on any atom is -0.478 e. The van der Waals surface area contributed by atoms with Crippen LogP contribution < -0.4 is 5.32 Å². The van der Waals surface area contributed by atoms with Gasteiger partial charge < -0.3 is 15.2 Å². The molecule has 1 aliphatic rings. The standard InChI is InChI=1S/C13H15ClN2O5/c14-11-6-8(16(19)20)5-10(13(17)18)12(11)15-7-9-3-1-2-4-21-9/h5-6,9,15H,1-4,7H2,(H,17,18). The van der Waals surface area contributed by atoms with Crippen LogP contribution in [0.3, 0.4) is 0 Å². The van der Waals surface area contributed by atoms with E-state index in [1.807, 2.05) is 0 Å². The third kappa shape index (κ3) is 3.83. The van der Waals surface area contributed by atoms with E-state index in [1.165, 1.54) is 0 Å². The molecule has 1 saturated heterocycles. The van der Waals surface area contributed by atoms with Crippen molar-refractivity contribution < 1.29 is 19.6 Å². The van der Waals surface area contributed by atoms with Crippen LogP contribution in [0.2, 0.25) is 5.02 Å². The molecule has 2 N–H and O–H groups in total. The highest BCUT2D eigenvalue weighted by molar-refractivity contribution is 6.34. The molecule has 0 amide bonds. The molecule has 1 aromatic carbocycles. The quantitative estimate of drug-likeness (QED) is 0.640. The smallest absolute Gasteiger partial charge is 0.338 e. The summed E-state index contributed by atoms with van der Waals surface area (Å²) in [4.78, 5) is 21.3. The second kappa shape index (κ2) is 6.73. The number of nitrogens with zero attached hydrogens (tertiary/aromatic N) is 1. The van der Waals surface area contributed by atoms with E-state index >= 15 is 0 Å². The number of nitro benzene ring substituents is 1. The zero-order valence-corrected chi connectivity index (χ0v) is 11.9. The molecular weight excluding hydrogens is 300 g/mol. The highest BCUT2D eigenvalue weighted by Crippen LogP contribution is 2.31. The van der Waals surface area contributed by atoms with Crippen molar-refractivity contribution in [2.45, 2.75) is 25.4 Å². The van der Waals surface area contributed by atoms with Gasteiger partial charge in [0, 0.05) is 25.3 Å². The van der Waals surface area contributed by atoms with Crippen LogP contribution in [0, 0.1) is 10.1 Å². The fourth-order valence-corrected chi connectivity index (χ4v) is 2.51. The van der Waals surface area contributed by atoms with E-state index in [-0.39, 0.29) is 28.1 Å². The van der Waals surface area contributed by atoms with Crippen molar-refractivity contribution in [3.05, 3.63) is 32.8 Å². The SMILES string of the molecule is O=C(O)c1cc([N+](=O)[O-])cc(Cl)c1NCC1CCCCO1. The predicted octanol–water partition coefficient (Wildman–Crippen LogP) is 2.93. The Hall–Kier alpha value is -1.86. The molecule has 0 bridgehead atoms. The van der Waals surface area contributed by atoms with E-state index in [2.05, 4.69) is 5.32 Å². The third-order valence-electron chi connectivity index (χ3n) is 3.30. The van der Waals surface area contributed by atoms with Gasteiger partial charge in [-0.05, 0) is 19.3 Å². The van der Waals surface area contributed by atoms with Gasteiger partial charge in [0.25, 0.3) is 5.69 Å². The average molecular weight is 315 g/mol. The number of anilines is 1. The van der Waals surface area contributed by atoms with Crippen LogP contribution in [0.15, 0.2) is 12.1 Å². The van der Waals surface area contributed by atoms with E-state index in [0.29, 0.717) is 13.2 Å². The lowest BCUT2D eigenvalue weighted by Gasteiger charge is -2.23. The number of halogens is 1. The van der Waals surface area contributed by atoms with E-state index in [9.17, 15) is 20.0 Å². The molecule has 2 rings (SSSR count). The molecule has 8 heteroatoms. The summed E-state index contributed by atoms with van der Waals surface area (Å²) in [6, 6.07) is 2.14. The Bertz CT molecular complexity index is 558.